The second-order valence-corrected chi connectivity index (χ2v) is 2.91. The maximum Gasteiger partial charge on any atom is 0.522 e. The molecule has 0 radical (unpaired) electrons. The quantitative estimate of drug-likeness (QED) is 0.675. The predicted molar refractivity (Wildman–Crippen MR) is 39.4 cm³/mol. The van der Waals surface area contributed by atoms with Crippen LogP contribution in [0.15, 0.2) is 0 Å². The van der Waals surface area contributed by atoms with Crippen LogP contribution in [0.2, 0.25) is 0 Å². The molecular formula is C7H10F3NO3. The molecule has 82 valence electrons. The molecule has 1 rings (SSSR count). The zero-order valence-corrected chi connectivity index (χ0v) is 7.43. The Labute approximate surface area is 78.4 Å². The minimum absolute atomic E-state index is 0.000718. The van der Waals surface area contributed by atoms with Crippen molar-refractivity contribution in [1.82, 2.24) is 5.32 Å². The first kappa shape index (κ1) is 11.3. The molecule has 4 nitrogen and oxygen atoms in total. The maximum atomic E-state index is 11.8. The normalized spacial score (nSPS) is 27.7. The first-order chi connectivity index (χ1) is 6.42. The molecule has 0 aromatic rings. The van der Waals surface area contributed by atoms with Crippen molar-refractivity contribution in [3.05, 3.63) is 0 Å². The fourth-order valence-corrected chi connectivity index (χ4v) is 1.30. The van der Waals surface area contributed by atoms with E-state index in [9.17, 15) is 18.0 Å². The average Bonchev–Trinajstić information content (AvgIpc) is 2.48. The van der Waals surface area contributed by atoms with Crippen LogP contribution in [0.3, 0.4) is 0 Å². The van der Waals surface area contributed by atoms with Crippen LogP contribution in [0.1, 0.15) is 6.42 Å². The Balaban J connectivity index is 2.38. The second-order valence-electron chi connectivity index (χ2n) is 2.91. The van der Waals surface area contributed by atoms with Gasteiger partial charge in [0.2, 0.25) is 0 Å². The molecule has 0 unspecified atom stereocenters. The maximum absolute atomic E-state index is 11.8. The number of halogens is 3. The van der Waals surface area contributed by atoms with Gasteiger partial charge in [-0.05, 0) is 0 Å². The van der Waals surface area contributed by atoms with Crippen LogP contribution >= 0.6 is 0 Å². The summed E-state index contributed by atoms with van der Waals surface area (Å²) in [5, 5.41) is 2.58. The van der Waals surface area contributed by atoms with Crippen LogP contribution in [0.4, 0.5) is 13.2 Å². The number of methoxy groups -OCH3 is 1. The van der Waals surface area contributed by atoms with Crippen molar-refractivity contribution < 1.29 is 27.4 Å². The fraction of sp³-hybridized carbons (Fsp3) is 0.857. The van der Waals surface area contributed by atoms with Crippen molar-refractivity contribution >= 4 is 5.97 Å². The van der Waals surface area contributed by atoms with E-state index in [2.05, 4.69) is 14.8 Å². The average molecular weight is 213 g/mol. The summed E-state index contributed by atoms with van der Waals surface area (Å²) in [6.45, 7) is -0.000718. The molecule has 1 heterocycles. The Bertz CT molecular complexity index is 219. The number of carbonyl (C=O) groups excluding carboxylic acids is 1. The highest BCUT2D eigenvalue weighted by Crippen LogP contribution is 2.23. The number of carbonyl (C=O) groups is 1. The van der Waals surface area contributed by atoms with Gasteiger partial charge in [-0.15, -0.1) is 13.2 Å². The fourth-order valence-electron chi connectivity index (χ4n) is 1.30. The zero-order valence-electron chi connectivity index (χ0n) is 7.43. The highest BCUT2D eigenvalue weighted by Gasteiger charge is 2.39. The smallest absolute Gasteiger partial charge is 0.468 e. The largest absolute Gasteiger partial charge is 0.522 e. The van der Waals surface area contributed by atoms with E-state index in [0.29, 0.717) is 0 Å². The molecule has 1 saturated heterocycles. The van der Waals surface area contributed by atoms with Gasteiger partial charge in [0.05, 0.1) is 13.2 Å². The van der Waals surface area contributed by atoms with Gasteiger partial charge in [-0.3, -0.25) is 9.53 Å². The Morgan fingerprint density at radius 3 is 2.64 bits per heavy atom. The van der Waals surface area contributed by atoms with Gasteiger partial charge in [-0.2, -0.15) is 0 Å². The number of alkyl halides is 3. The molecule has 0 aromatic carbocycles. The van der Waals surface area contributed by atoms with Gasteiger partial charge in [0.1, 0.15) is 6.04 Å². The van der Waals surface area contributed by atoms with Crippen LogP contribution in [0.25, 0.3) is 0 Å². The van der Waals surface area contributed by atoms with Crippen molar-refractivity contribution in [2.75, 3.05) is 13.7 Å². The lowest BCUT2D eigenvalue weighted by Crippen LogP contribution is -2.31. The van der Waals surface area contributed by atoms with E-state index in [1.165, 1.54) is 7.11 Å². The summed E-state index contributed by atoms with van der Waals surface area (Å²) in [5.41, 5.74) is 0. The van der Waals surface area contributed by atoms with E-state index in [-0.39, 0.29) is 13.0 Å². The van der Waals surface area contributed by atoms with Gasteiger partial charge in [0.15, 0.2) is 0 Å². The van der Waals surface area contributed by atoms with Gasteiger partial charge in [0, 0.05) is 13.0 Å². The van der Waals surface area contributed by atoms with E-state index in [1.54, 1.807) is 0 Å². The van der Waals surface area contributed by atoms with E-state index in [1.807, 2.05) is 0 Å². The summed E-state index contributed by atoms with van der Waals surface area (Å²) in [6.07, 6.45) is -5.69. The topological polar surface area (TPSA) is 47.6 Å². The minimum atomic E-state index is -4.66. The third kappa shape index (κ3) is 3.15. The molecule has 0 saturated carbocycles. The summed E-state index contributed by atoms with van der Waals surface area (Å²) in [5.74, 6) is -0.571. The molecule has 0 spiro atoms. The Hall–Kier alpha value is -0.820. The van der Waals surface area contributed by atoms with Crippen LogP contribution < -0.4 is 5.32 Å². The highest BCUT2D eigenvalue weighted by atomic mass is 19.4. The van der Waals surface area contributed by atoms with E-state index >= 15 is 0 Å². The number of esters is 1. The van der Waals surface area contributed by atoms with E-state index < -0.39 is 24.5 Å². The summed E-state index contributed by atoms with van der Waals surface area (Å²) < 4.78 is 43.4. The van der Waals surface area contributed by atoms with Gasteiger partial charge in [-0.1, -0.05) is 0 Å². The third-order valence-electron chi connectivity index (χ3n) is 1.88. The molecule has 0 aliphatic carbocycles. The first-order valence-corrected chi connectivity index (χ1v) is 3.98. The number of hydrogen-bond donors (Lipinski definition) is 1. The van der Waals surface area contributed by atoms with E-state index in [4.69, 9.17) is 0 Å². The summed E-state index contributed by atoms with van der Waals surface area (Å²) in [6, 6.07) is -0.702. The van der Waals surface area contributed by atoms with Gasteiger partial charge < -0.3 is 10.1 Å². The molecular weight excluding hydrogens is 203 g/mol. The summed E-state index contributed by atoms with van der Waals surface area (Å²) in [7, 11) is 1.18. The second kappa shape index (κ2) is 4.14. The number of nitrogens with one attached hydrogen (secondary N) is 1. The van der Waals surface area contributed by atoms with Crippen molar-refractivity contribution in [2.45, 2.75) is 24.9 Å². The Kier molecular flexibility index (Phi) is 3.33. The Morgan fingerprint density at radius 1 is 1.50 bits per heavy atom. The number of ether oxygens (including phenoxy) is 2. The monoisotopic (exact) mass is 213 g/mol. The minimum Gasteiger partial charge on any atom is -0.468 e. The molecule has 0 aromatic heterocycles. The van der Waals surface area contributed by atoms with Crippen LogP contribution in [-0.2, 0) is 14.3 Å². The van der Waals surface area contributed by atoms with Gasteiger partial charge in [-0.25, -0.2) is 0 Å². The predicted octanol–water partition coefficient (Wildman–Crippen LogP) is 0.426. The third-order valence-corrected chi connectivity index (χ3v) is 1.88. The van der Waals surface area contributed by atoms with E-state index in [0.717, 1.165) is 0 Å². The molecule has 0 bridgehead atoms. The van der Waals surface area contributed by atoms with Crippen molar-refractivity contribution in [3.63, 3.8) is 0 Å². The Morgan fingerprint density at radius 2 is 2.14 bits per heavy atom. The zero-order chi connectivity index (χ0) is 10.8. The van der Waals surface area contributed by atoms with Crippen molar-refractivity contribution in [1.29, 1.82) is 0 Å². The number of rotatable bonds is 2. The summed E-state index contributed by atoms with van der Waals surface area (Å²) >= 11 is 0. The van der Waals surface area contributed by atoms with Gasteiger partial charge >= 0.3 is 12.3 Å². The summed E-state index contributed by atoms with van der Waals surface area (Å²) in [4.78, 5) is 10.9. The molecule has 1 aliphatic rings. The molecule has 1 aliphatic heterocycles. The standard InChI is InChI=1S/C7H10F3NO3/c1-13-6(12)5-2-4(3-11-5)14-7(8,9)10/h4-5,11H,2-3H2,1H3/t4-,5-/m0/s1. The molecule has 7 heteroatoms. The lowest BCUT2D eigenvalue weighted by molar-refractivity contribution is -0.340. The SMILES string of the molecule is COC(=O)[C@@H]1C[C@H](OC(F)(F)F)CN1. The van der Waals surface area contributed by atoms with Crippen molar-refractivity contribution in [2.24, 2.45) is 0 Å². The van der Waals surface area contributed by atoms with Crippen LogP contribution in [0, 0.1) is 0 Å². The first-order valence-electron chi connectivity index (χ1n) is 3.98. The van der Waals surface area contributed by atoms with Crippen LogP contribution in [-0.4, -0.2) is 38.1 Å². The lowest BCUT2D eigenvalue weighted by Gasteiger charge is -2.12. The van der Waals surface area contributed by atoms with Crippen molar-refractivity contribution in [3.8, 4) is 0 Å². The van der Waals surface area contributed by atoms with Crippen LogP contribution in [0.5, 0.6) is 0 Å². The van der Waals surface area contributed by atoms with Gasteiger partial charge in [0.25, 0.3) is 0 Å². The molecule has 1 N–H and O–H groups in total. The molecule has 0 amide bonds. The molecule has 14 heavy (non-hydrogen) atoms. The lowest BCUT2D eigenvalue weighted by atomic mass is 10.2. The molecule has 2 atom stereocenters. The molecule has 1 fully saturated rings. The highest BCUT2D eigenvalue weighted by molar-refractivity contribution is 5.76. The number of hydrogen-bond acceptors (Lipinski definition) is 4.